The average molecular weight is 434 g/mol. The normalized spacial score (nSPS) is 16.6. The summed E-state index contributed by atoms with van der Waals surface area (Å²) >= 11 is 1.56. The van der Waals surface area contributed by atoms with E-state index in [2.05, 4.69) is 5.32 Å². The summed E-state index contributed by atoms with van der Waals surface area (Å²) in [6, 6.07) is 27.8. The number of carbonyl (C=O) groups is 1. The fraction of sp³-hybridized carbons (Fsp3) is 0.269. The third-order valence-electron chi connectivity index (χ3n) is 5.19. The van der Waals surface area contributed by atoms with E-state index in [-0.39, 0.29) is 17.3 Å². The van der Waals surface area contributed by atoms with E-state index in [9.17, 15) is 4.79 Å². The molecule has 1 aliphatic rings. The van der Waals surface area contributed by atoms with Gasteiger partial charge in [0.1, 0.15) is 17.6 Å². The molecule has 4 rings (SSSR count). The summed E-state index contributed by atoms with van der Waals surface area (Å²) in [7, 11) is 0. The second-order valence-electron chi connectivity index (χ2n) is 7.53. The molecule has 4 nitrogen and oxygen atoms in total. The Morgan fingerprint density at radius 2 is 1.71 bits per heavy atom. The van der Waals surface area contributed by atoms with Gasteiger partial charge in [0.05, 0.1) is 6.10 Å². The minimum Gasteiger partial charge on any atom is -0.491 e. The molecule has 0 radical (unpaired) electrons. The zero-order valence-electron chi connectivity index (χ0n) is 17.4. The number of carbonyl (C=O) groups excluding carboxylic acids is 1. The van der Waals surface area contributed by atoms with Crippen molar-refractivity contribution in [3.8, 4) is 5.75 Å². The maximum absolute atomic E-state index is 13.1. The van der Waals surface area contributed by atoms with E-state index in [1.54, 1.807) is 11.8 Å². The molecule has 0 aromatic heterocycles. The van der Waals surface area contributed by atoms with Crippen LogP contribution in [0.15, 0.2) is 89.8 Å². The summed E-state index contributed by atoms with van der Waals surface area (Å²) in [5, 5.41) is 2.79. The molecule has 2 unspecified atom stereocenters. The molecule has 1 aliphatic heterocycles. The van der Waals surface area contributed by atoms with Gasteiger partial charge in [0.25, 0.3) is 0 Å². The Hall–Kier alpha value is -2.76. The molecule has 3 aromatic rings. The van der Waals surface area contributed by atoms with Crippen molar-refractivity contribution in [3.63, 3.8) is 0 Å². The van der Waals surface area contributed by atoms with Gasteiger partial charge in [-0.2, -0.15) is 0 Å². The van der Waals surface area contributed by atoms with Crippen LogP contribution in [0.5, 0.6) is 5.75 Å². The molecular formula is C26H27NO3S. The van der Waals surface area contributed by atoms with Gasteiger partial charge in [-0.15, -0.1) is 11.8 Å². The van der Waals surface area contributed by atoms with Crippen molar-refractivity contribution in [2.24, 2.45) is 0 Å². The minimum absolute atomic E-state index is 0.00115. The zero-order valence-corrected chi connectivity index (χ0v) is 18.2. The molecule has 31 heavy (non-hydrogen) atoms. The van der Waals surface area contributed by atoms with Gasteiger partial charge in [0, 0.05) is 18.0 Å². The summed E-state index contributed by atoms with van der Waals surface area (Å²) in [4.78, 5) is 14.1. The molecule has 0 aliphatic carbocycles. The number of ether oxygens (including phenoxy) is 2. The molecule has 1 fully saturated rings. The average Bonchev–Trinajstić information content (AvgIpc) is 3.35. The predicted octanol–water partition coefficient (Wildman–Crippen LogP) is 5.39. The first kappa shape index (κ1) is 21.5. The van der Waals surface area contributed by atoms with E-state index < -0.39 is 0 Å². The van der Waals surface area contributed by atoms with Crippen LogP contribution in [-0.2, 0) is 16.1 Å². The van der Waals surface area contributed by atoms with Crippen LogP contribution in [0, 0.1) is 0 Å². The van der Waals surface area contributed by atoms with Gasteiger partial charge in [0.15, 0.2) is 0 Å². The summed E-state index contributed by atoms with van der Waals surface area (Å²) in [5.74, 6) is 0.825. The third kappa shape index (κ3) is 6.36. The van der Waals surface area contributed by atoms with Gasteiger partial charge < -0.3 is 14.8 Å². The number of hydrogen-bond donors (Lipinski definition) is 1. The lowest BCUT2D eigenvalue weighted by Crippen LogP contribution is -2.27. The molecule has 3 aromatic carbocycles. The zero-order chi connectivity index (χ0) is 21.3. The van der Waals surface area contributed by atoms with Crippen molar-refractivity contribution in [2.45, 2.75) is 35.6 Å². The lowest BCUT2D eigenvalue weighted by atomic mass is 10.1. The molecule has 1 N–H and O–H groups in total. The van der Waals surface area contributed by atoms with Crippen LogP contribution in [0.4, 0.5) is 0 Å². The summed E-state index contributed by atoms with van der Waals surface area (Å²) in [5.41, 5.74) is 2.03. The van der Waals surface area contributed by atoms with Gasteiger partial charge in [0.2, 0.25) is 5.91 Å². The Labute approximate surface area is 188 Å². The molecule has 0 spiro atoms. The highest BCUT2D eigenvalue weighted by Crippen LogP contribution is 2.35. The Kier molecular flexibility index (Phi) is 7.64. The molecule has 0 bridgehead atoms. The Bertz CT molecular complexity index is 941. The van der Waals surface area contributed by atoms with E-state index in [4.69, 9.17) is 9.47 Å². The maximum Gasteiger partial charge on any atom is 0.238 e. The molecule has 5 heteroatoms. The lowest BCUT2D eigenvalue weighted by molar-refractivity contribution is -0.120. The van der Waals surface area contributed by atoms with Crippen LogP contribution in [0.1, 0.15) is 29.2 Å². The summed E-state index contributed by atoms with van der Waals surface area (Å²) in [6.07, 6.45) is 2.38. The van der Waals surface area contributed by atoms with E-state index in [0.29, 0.717) is 13.2 Å². The molecule has 0 saturated carbocycles. The number of hydrogen-bond acceptors (Lipinski definition) is 4. The first-order chi connectivity index (χ1) is 15.3. The third-order valence-corrected chi connectivity index (χ3v) is 6.45. The van der Waals surface area contributed by atoms with E-state index in [0.717, 1.165) is 41.2 Å². The Morgan fingerprint density at radius 3 is 2.39 bits per heavy atom. The topological polar surface area (TPSA) is 47.6 Å². The van der Waals surface area contributed by atoms with E-state index in [1.807, 2.05) is 84.9 Å². The largest absolute Gasteiger partial charge is 0.491 e. The maximum atomic E-state index is 13.1. The smallest absolute Gasteiger partial charge is 0.238 e. The van der Waals surface area contributed by atoms with Crippen molar-refractivity contribution < 1.29 is 14.3 Å². The first-order valence-electron chi connectivity index (χ1n) is 10.7. The fourth-order valence-corrected chi connectivity index (χ4v) is 4.56. The number of thioether (sulfide) groups is 1. The van der Waals surface area contributed by atoms with Crippen molar-refractivity contribution in [1.82, 2.24) is 5.32 Å². The van der Waals surface area contributed by atoms with Crippen molar-refractivity contribution in [3.05, 3.63) is 96.1 Å². The SMILES string of the molecule is O=C(NCc1ccc(OCC2CCCO2)cc1)C(Sc1ccccc1)c1ccccc1. The molecule has 2 atom stereocenters. The van der Waals surface area contributed by atoms with Crippen molar-refractivity contribution >= 4 is 17.7 Å². The van der Waals surface area contributed by atoms with Crippen LogP contribution in [0.3, 0.4) is 0 Å². The molecule has 1 saturated heterocycles. The van der Waals surface area contributed by atoms with Gasteiger partial charge in [-0.3, -0.25) is 4.79 Å². The number of nitrogens with one attached hydrogen (secondary N) is 1. The van der Waals surface area contributed by atoms with Crippen LogP contribution >= 0.6 is 11.8 Å². The van der Waals surface area contributed by atoms with E-state index in [1.165, 1.54) is 0 Å². The Balaban J connectivity index is 1.34. The molecule has 160 valence electrons. The van der Waals surface area contributed by atoms with Crippen molar-refractivity contribution in [1.29, 1.82) is 0 Å². The standard InChI is InChI=1S/C26H27NO3S/c28-26(25(21-8-3-1-4-9-21)31-24-11-5-2-6-12-24)27-18-20-13-15-22(16-14-20)30-19-23-10-7-17-29-23/h1-6,8-9,11-16,23,25H,7,10,17-19H2,(H,27,28). The monoisotopic (exact) mass is 433 g/mol. The summed E-state index contributed by atoms with van der Waals surface area (Å²) < 4.78 is 11.4. The van der Waals surface area contributed by atoms with Gasteiger partial charge in [-0.25, -0.2) is 0 Å². The molecule has 1 amide bonds. The first-order valence-corrected chi connectivity index (χ1v) is 11.5. The second-order valence-corrected chi connectivity index (χ2v) is 8.71. The predicted molar refractivity (Wildman–Crippen MR) is 124 cm³/mol. The highest BCUT2D eigenvalue weighted by Gasteiger charge is 2.21. The minimum atomic E-state index is -0.308. The lowest BCUT2D eigenvalue weighted by Gasteiger charge is -2.17. The van der Waals surface area contributed by atoms with Gasteiger partial charge in [-0.1, -0.05) is 60.7 Å². The molecule has 1 heterocycles. The van der Waals surface area contributed by atoms with E-state index >= 15 is 0 Å². The number of amides is 1. The highest BCUT2D eigenvalue weighted by molar-refractivity contribution is 8.00. The van der Waals surface area contributed by atoms with Crippen LogP contribution in [0.25, 0.3) is 0 Å². The molecular weight excluding hydrogens is 406 g/mol. The van der Waals surface area contributed by atoms with Gasteiger partial charge >= 0.3 is 0 Å². The second kappa shape index (κ2) is 11.0. The van der Waals surface area contributed by atoms with Gasteiger partial charge in [-0.05, 0) is 48.2 Å². The Morgan fingerprint density at radius 1 is 1.00 bits per heavy atom. The van der Waals surface area contributed by atoms with Crippen LogP contribution in [-0.4, -0.2) is 25.2 Å². The highest BCUT2D eigenvalue weighted by atomic mass is 32.2. The quantitative estimate of drug-likeness (QED) is 0.460. The van der Waals surface area contributed by atoms with Crippen molar-refractivity contribution in [2.75, 3.05) is 13.2 Å². The summed E-state index contributed by atoms with van der Waals surface area (Å²) in [6.45, 7) is 1.90. The number of benzene rings is 3. The van der Waals surface area contributed by atoms with Crippen LogP contribution in [0.2, 0.25) is 0 Å². The van der Waals surface area contributed by atoms with Crippen LogP contribution < -0.4 is 10.1 Å². The number of rotatable bonds is 9. The fourth-order valence-electron chi connectivity index (χ4n) is 3.49.